The van der Waals surface area contributed by atoms with Crippen molar-refractivity contribution in [2.75, 3.05) is 0 Å². The maximum atomic E-state index is 4.07. The standard InChI is InChI=1S/C9H15N/c1-4-6-9(3)8-10-7-5-2/h4,6-8H,5H2,1-3H3/b6-4-,9-8-,10-7+. The number of allylic oxidation sites excluding steroid dienone is 3. The third-order valence-electron chi connectivity index (χ3n) is 0.996. The summed E-state index contributed by atoms with van der Waals surface area (Å²) in [6, 6.07) is 0. The number of hydrogen-bond acceptors (Lipinski definition) is 1. The van der Waals surface area contributed by atoms with Gasteiger partial charge in [0.2, 0.25) is 0 Å². The summed E-state index contributed by atoms with van der Waals surface area (Å²) >= 11 is 0. The highest BCUT2D eigenvalue weighted by Crippen LogP contribution is 1.93. The zero-order valence-electron chi connectivity index (χ0n) is 6.96. The summed E-state index contributed by atoms with van der Waals surface area (Å²) in [5.74, 6) is 0. The van der Waals surface area contributed by atoms with Crippen LogP contribution in [0.4, 0.5) is 0 Å². The Labute approximate surface area is 63.2 Å². The predicted molar refractivity (Wildman–Crippen MR) is 47.4 cm³/mol. The van der Waals surface area contributed by atoms with E-state index in [0.29, 0.717) is 0 Å². The quantitative estimate of drug-likeness (QED) is 0.419. The number of nitrogens with zero attached hydrogens (tertiary/aromatic N) is 1. The molecule has 0 amide bonds. The minimum atomic E-state index is 1.000. The molecule has 0 aliphatic rings. The molecule has 0 unspecified atom stereocenters. The first-order valence-corrected chi connectivity index (χ1v) is 3.62. The summed E-state index contributed by atoms with van der Waals surface area (Å²) in [5, 5.41) is 0. The normalized spacial score (nSPS) is 13.7. The zero-order chi connectivity index (χ0) is 7.82. The van der Waals surface area contributed by atoms with Crippen LogP contribution < -0.4 is 0 Å². The van der Waals surface area contributed by atoms with Crippen LogP contribution in [0.1, 0.15) is 27.2 Å². The van der Waals surface area contributed by atoms with Crippen molar-refractivity contribution in [3.63, 3.8) is 0 Å². The van der Waals surface area contributed by atoms with Gasteiger partial charge in [-0.25, -0.2) is 0 Å². The van der Waals surface area contributed by atoms with Crippen molar-refractivity contribution in [2.45, 2.75) is 27.2 Å². The van der Waals surface area contributed by atoms with E-state index in [1.54, 1.807) is 0 Å². The van der Waals surface area contributed by atoms with E-state index in [1.165, 1.54) is 5.57 Å². The van der Waals surface area contributed by atoms with Crippen LogP contribution in [0.25, 0.3) is 0 Å². The second-order valence-electron chi connectivity index (χ2n) is 2.11. The fourth-order valence-electron chi connectivity index (χ4n) is 0.582. The van der Waals surface area contributed by atoms with Crippen LogP contribution in [0.3, 0.4) is 0 Å². The molecule has 1 heteroatoms. The topological polar surface area (TPSA) is 12.4 Å². The Morgan fingerprint density at radius 2 is 2.20 bits per heavy atom. The lowest BCUT2D eigenvalue weighted by molar-refractivity contribution is 1.30. The maximum Gasteiger partial charge on any atom is 0.0292 e. The van der Waals surface area contributed by atoms with E-state index in [4.69, 9.17) is 0 Å². The zero-order valence-corrected chi connectivity index (χ0v) is 6.96. The van der Waals surface area contributed by atoms with Gasteiger partial charge in [-0.3, -0.25) is 4.99 Å². The molecular formula is C9H15N. The molecule has 56 valence electrons. The van der Waals surface area contributed by atoms with Crippen LogP contribution in [0.15, 0.2) is 28.9 Å². The van der Waals surface area contributed by atoms with Gasteiger partial charge in [-0.05, 0) is 25.8 Å². The molecule has 0 atom stereocenters. The molecular weight excluding hydrogens is 122 g/mol. The lowest BCUT2D eigenvalue weighted by Crippen LogP contribution is -1.67. The minimum absolute atomic E-state index is 1.000. The van der Waals surface area contributed by atoms with E-state index in [0.717, 1.165) is 6.42 Å². The van der Waals surface area contributed by atoms with Crippen LogP contribution >= 0.6 is 0 Å². The first-order valence-electron chi connectivity index (χ1n) is 3.62. The van der Waals surface area contributed by atoms with E-state index < -0.39 is 0 Å². The predicted octanol–water partition coefficient (Wildman–Crippen LogP) is 2.95. The van der Waals surface area contributed by atoms with Crippen molar-refractivity contribution in [3.8, 4) is 0 Å². The van der Waals surface area contributed by atoms with E-state index in [1.807, 2.05) is 38.4 Å². The number of hydrogen-bond donors (Lipinski definition) is 0. The van der Waals surface area contributed by atoms with Gasteiger partial charge in [0, 0.05) is 12.4 Å². The van der Waals surface area contributed by atoms with Gasteiger partial charge in [-0.2, -0.15) is 0 Å². The molecule has 0 heterocycles. The Hall–Kier alpha value is -0.850. The van der Waals surface area contributed by atoms with Crippen LogP contribution in [0.2, 0.25) is 0 Å². The third kappa shape index (κ3) is 5.29. The average molecular weight is 137 g/mol. The summed E-state index contributed by atoms with van der Waals surface area (Å²) in [6.07, 6.45) is 8.80. The van der Waals surface area contributed by atoms with E-state index in [2.05, 4.69) is 11.9 Å². The van der Waals surface area contributed by atoms with Gasteiger partial charge in [-0.15, -0.1) is 0 Å². The van der Waals surface area contributed by atoms with E-state index in [9.17, 15) is 0 Å². The van der Waals surface area contributed by atoms with Gasteiger partial charge in [0.15, 0.2) is 0 Å². The van der Waals surface area contributed by atoms with E-state index >= 15 is 0 Å². The van der Waals surface area contributed by atoms with Crippen molar-refractivity contribution < 1.29 is 0 Å². The highest BCUT2D eigenvalue weighted by Gasteiger charge is 1.74. The minimum Gasteiger partial charge on any atom is -0.269 e. The van der Waals surface area contributed by atoms with Crippen molar-refractivity contribution in [1.29, 1.82) is 0 Å². The van der Waals surface area contributed by atoms with Crippen LogP contribution in [-0.4, -0.2) is 6.21 Å². The number of aliphatic imine (C=N–C) groups is 1. The first kappa shape index (κ1) is 9.15. The monoisotopic (exact) mass is 137 g/mol. The Morgan fingerprint density at radius 3 is 2.70 bits per heavy atom. The van der Waals surface area contributed by atoms with Crippen LogP contribution in [0, 0.1) is 0 Å². The van der Waals surface area contributed by atoms with Crippen LogP contribution in [0.5, 0.6) is 0 Å². The highest BCUT2D eigenvalue weighted by atomic mass is 14.7. The smallest absolute Gasteiger partial charge is 0.0292 e. The summed E-state index contributed by atoms with van der Waals surface area (Å²) in [6.45, 7) is 6.11. The van der Waals surface area contributed by atoms with E-state index in [-0.39, 0.29) is 0 Å². The molecule has 0 radical (unpaired) electrons. The maximum absolute atomic E-state index is 4.07. The lowest BCUT2D eigenvalue weighted by Gasteiger charge is -1.84. The highest BCUT2D eigenvalue weighted by molar-refractivity contribution is 5.57. The van der Waals surface area contributed by atoms with Gasteiger partial charge in [-0.1, -0.05) is 19.1 Å². The van der Waals surface area contributed by atoms with Crippen molar-refractivity contribution in [3.05, 3.63) is 23.9 Å². The van der Waals surface area contributed by atoms with Crippen molar-refractivity contribution >= 4 is 6.21 Å². The molecule has 0 rings (SSSR count). The Kier molecular flexibility index (Phi) is 5.74. The lowest BCUT2D eigenvalue weighted by atomic mass is 10.3. The molecule has 0 bridgehead atoms. The van der Waals surface area contributed by atoms with Crippen molar-refractivity contribution in [1.82, 2.24) is 0 Å². The van der Waals surface area contributed by atoms with Gasteiger partial charge in [0.1, 0.15) is 0 Å². The number of rotatable bonds is 3. The second-order valence-corrected chi connectivity index (χ2v) is 2.11. The van der Waals surface area contributed by atoms with Gasteiger partial charge in [0.05, 0.1) is 0 Å². The third-order valence-corrected chi connectivity index (χ3v) is 0.996. The molecule has 0 N–H and O–H groups in total. The molecule has 0 aromatic rings. The molecule has 0 fully saturated rings. The molecule has 0 aliphatic heterocycles. The molecule has 0 aromatic heterocycles. The summed E-state index contributed by atoms with van der Waals surface area (Å²) in [4.78, 5) is 4.07. The Bertz CT molecular complexity index is 152. The fourth-order valence-corrected chi connectivity index (χ4v) is 0.582. The fraction of sp³-hybridized carbons (Fsp3) is 0.444. The molecule has 0 spiro atoms. The van der Waals surface area contributed by atoms with Gasteiger partial charge < -0.3 is 0 Å². The Morgan fingerprint density at radius 1 is 1.50 bits per heavy atom. The first-order chi connectivity index (χ1) is 4.81. The summed E-state index contributed by atoms with van der Waals surface area (Å²) in [5.41, 5.74) is 1.19. The molecule has 0 saturated heterocycles. The average Bonchev–Trinajstić information content (AvgIpc) is 1.89. The van der Waals surface area contributed by atoms with Crippen LogP contribution in [-0.2, 0) is 0 Å². The molecule has 1 nitrogen and oxygen atoms in total. The van der Waals surface area contributed by atoms with Gasteiger partial charge >= 0.3 is 0 Å². The van der Waals surface area contributed by atoms with Crippen molar-refractivity contribution in [2.24, 2.45) is 4.99 Å². The Balaban J connectivity index is 3.79. The molecule has 0 aromatic carbocycles. The summed E-state index contributed by atoms with van der Waals surface area (Å²) in [7, 11) is 0. The second kappa shape index (κ2) is 6.27. The summed E-state index contributed by atoms with van der Waals surface area (Å²) < 4.78 is 0. The SMILES string of the molecule is C\C=C/C(C)=C\N=C\CC. The molecule has 0 aliphatic carbocycles. The van der Waals surface area contributed by atoms with Gasteiger partial charge in [0.25, 0.3) is 0 Å². The molecule has 0 saturated carbocycles. The largest absolute Gasteiger partial charge is 0.269 e. The molecule has 10 heavy (non-hydrogen) atoms.